The summed E-state index contributed by atoms with van der Waals surface area (Å²) in [5.41, 5.74) is 2.43. The number of aromatic nitrogens is 1. The van der Waals surface area contributed by atoms with E-state index in [1.807, 2.05) is 54.6 Å². The van der Waals surface area contributed by atoms with Crippen LogP contribution < -0.4 is 5.32 Å². The molecule has 4 aromatic rings. The van der Waals surface area contributed by atoms with Crippen LogP contribution in [0.4, 0.5) is 17.2 Å². The number of fused-ring (bicyclic) bond motifs is 1. The Morgan fingerprint density at radius 2 is 1.71 bits per heavy atom. The Hall–Kier alpha value is -2.96. The van der Waals surface area contributed by atoms with E-state index in [9.17, 15) is 10.1 Å². The fourth-order valence-electron chi connectivity index (χ4n) is 3.06. The number of hydrogen-bond donors (Lipinski definition) is 1. The predicted octanol–water partition coefficient (Wildman–Crippen LogP) is 6.97. The van der Waals surface area contributed by atoms with Gasteiger partial charge in [0, 0.05) is 20.6 Å². The van der Waals surface area contributed by atoms with Gasteiger partial charge < -0.3 is 5.32 Å². The molecule has 0 amide bonds. The molecule has 0 aliphatic heterocycles. The second-order valence-corrected chi connectivity index (χ2v) is 7.45. The van der Waals surface area contributed by atoms with Gasteiger partial charge in [0.05, 0.1) is 16.0 Å². The van der Waals surface area contributed by atoms with Crippen molar-refractivity contribution in [3.8, 4) is 11.1 Å². The van der Waals surface area contributed by atoms with Crippen molar-refractivity contribution >= 4 is 55.6 Å². The highest BCUT2D eigenvalue weighted by Gasteiger charge is 2.26. The molecular formula is C21H13BrClN3O2. The summed E-state index contributed by atoms with van der Waals surface area (Å²) >= 11 is 9.56. The summed E-state index contributed by atoms with van der Waals surface area (Å²) in [4.78, 5) is 16.2. The maximum atomic E-state index is 12.1. The summed E-state index contributed by atoms with van der Waals surface area (Å²) in [7, 11) is 0. The molecule has 0 aliphatic carbocycles. The summed E-state index contributed by atoms with van der Waals surface area (Å²) in [6.45, 7) is 0. The first kappa shape index (κ1) is 18.4. The minimum Gasteiger partial charge on any atom is -0.334 e. The summed E-state index contributed by atoms with van der Waals surface area (Å²) in [6.07, 6.45) is 0. The molecule has 7 heteroatoms. The zero-order valence-corrected chi connectivity index (χ0v) is 16.7. The minimum atomic E-state index is -0.406. The normalized spacial score (nSPS) is 10.8. The summed E-state index contributed by atoms with van der Waals surface area (Å²) in [5, 5.41) is 16.3. The van der Waals surface area contributed by atoms with E-state index in [0.29, 0.717) is 27.2 Å². The maximum Gasteiger partial charge on any atom is 0.320 e. The third-order valence-electron chi connectivity index (χ3n) is 4.27. The number of halogens is 2. The Labute approximate surface area is 174 Å². The Morgan fingerprint density at radius 3 is 2.39 bits per heavy atom. The smallest absolute Gasteiger partial charge is 0.320 e. The van der Waals surface area contributed by atoms with E-state index in [2.05, 4.69) is 26.2 Å². The van der Waals surface area contributed by atoms with Gasteiger partial charge in [-0.3, -0.25) is 10.1 Å². The quantitative estimate of drug-likeness (QED) is 0.267. The monoisotopic (exact) mass is 453 g/mol. The average molecular weight is 455 g/mol. The molecule has 138 valence electrons. The van der Waals surface area contributed by atoms with Crippen LogP contribution in [0.25, 0.3) is 22.0 Å². The largest absolute Gasteiger partial charge is 0.334 e. The number of rotatable bonds is 4. The molecule has 0 aliphatic rings. The van der Waals surface area contributed by atoms with Crippen molar-refractivity contribution in [1.29, 1.82) is 0 Å². The number of anilines is 2. The minimum absolute atomic E-state index is 0.0936. The molecule has 0 radical (unpaired) electrons. The Kier molecular flexibility index (Phi) is 4.98. The molecule has 1 heterocycles. The number of nitro groups is 1. The summed E-state index contributed by atoms with van der Waals surface area (Å²) in [5.74, 6) is 0.181. The molecule has 0 fully saturated rings. The highest BCUT2D eigenvalue weighted by molar-refractivity contribution is 9.10. The lowest BCUT2D eigenvalue weighted by Gasteiger charge is -2.13. The molecule has 5 nitrogen and oxygen atoms in total. The van der Waals surface area contributed by atoms with E-state index >= 15 is 0 Å². The van der Waals surface area contributed by atoms with E-state index in [1.54, 1.807) is 18.2 Å². The molecular weight excluding hydrogens is 442 g/mol. The highest BCUT2D eigenvalue weighted by atomic mass is 79.9. The molecule has 0 atom stereocenters. The Morgan fingerprint density at radius 1 is 1.00 bits per heavy atom. The lowest BCUT2D eigenvalue weighted by Crippen LogP contribution is -2.03. The van der Waals surface area contributed by atoms with Gasteiger partial charge in [0.2, 0.25) is 5.82 Å². The van der Waals surface area contributed by atoms with Gasteiger partial charge in [0.1, 0.15) is 0 Å². The SMILES string of the molecule is O=[N+]([O-])c1c(Nc2ccc(Br)cc2)nc2ccc(Cl)cc2c1-c1ccccc1. The van der Waals surface area contributed by atoms with Gasteiger partial charge >= 0.3 is 5.69 Å². The standard InChI is InChI=1S/C21H13BrClN3O2/c22-14-6-9-16(10-7-14)24-21-20(26(27)28)19(13-4-2-1-3-5-13)17-12-15(23)8-11-18(17)25-21/h1-12H,(H,24,25). The maximum absolute atomic E-state index is 12.1. The van der Waals surface area contributed by atoms with Crippen LogP contribution in [-0.2, 0) is 0 Å². The number of nitrogens with zero attached hydrogens (tertiary/aromatic N) is 2. The fourth-order valence-corrected chi connectivity index (χ4v) is 3.49. The lowest BCUT2D eigenvalue weighted by molar-refractivity contribution is -0.383. The molecule has 0 bridgehead atoms. The van der Waals surface area contributed by atoms with E-state index < -0.39 is 4.92 Å². The van der Waals surface area contributed by atoms with Crippen molar-refractivity contribution in [2.24, 2.45) is 0 Å². The fraction of sp³-hybridized carbons (Fsp3) is 0. The van der Waals surface area contributed by atoms with E-state index in [1.165, 1.54) is 0 Å². The van der Waals surface area contributed by atoms with Crippen molar-refractivity contribution in [3.63, 3.8) is 0 Å². The van der Waals surface area contributed by atoms with Crippen molar-refractivity contribution in [2.75, 3.05) is 5.32 Å². The van der Waals surface area contributed by atoms with Gasteiger partial charge in [-0.2, -0.15) is 0 Å². The second-order valence-electron chi connectivity index (χ2n) is 6.10. The topological polar surface area (TPSA) is 68.1 Å². The first-order chi connectivity index (χ1) is 13.5. The first-order valence-corrected chi connectivity index (χ1v) is 9.55. The Bertz CT molecular complexity index is 1180. The molecule has 28 heavy (non-hydrogen) atoms. The van der Waals surface area contributed by atoms with Crippen LogP contribution in [0.15, 0.2) is 77.3 Å². The van der Waals surface area contributed by atoms with Crippen LogP contribution >= 0.6 is 27.5 Å². The van der Waals surface area contributed by atoms with Crippen molar-refractivity contribution in [3.05, 3.63) is 92.4 Å². The molecule has 0 saturated carbocycles. The third kappa shape index (κ3) is 3.56. The zero-order valence-electron chi connectivity index (χ0n) is 14.4. The molecule has 0 spiro atoms. The van der Waals surface area contributed by atoms with E-state index in [0.717, 1.165) is 10.0 Å². The molecule has 0 saturated heterocycles. The predicted molar refractivity (Wildman–Crippen MR) is 116 cm³/mol. The van der Waals surface area contributed by atoms with Crippen LogP contribution in [0.2, 0.25) is 5.02 Å². The third-order valence-corrected chi connectivity index (χ3v) is 5.04. The van der Waals surface area contributed by atoms with E-state index in [4.69, 9.17) is 11.6 Å². The van der Waals surface area contributed by atoms with Crippen LogP contribution in [-0.4, -0.2) is 9.91 Å². The van der Waals surface area contributed by atoms with Crippen molar-refractivity contribution in [2.45, 2.75) is 0 Å². The molecule has 1 N–H and O–H groups in total. The molecule has 0 unspecified atom stereocenters. The van der Waals surface area contributed by atoms with Crippen molar-refractivity contribution in [1.82, 2.24) is 4.98 Å². The van der Waals surface area contributed by atoms with Gasteiger partial charge in [0.25, 0.3) is 0 Å². The van der Waals surface area contributed by atoms with Crippen LogP contribution in [0.3, 0.4) is 0 Å². The number of nitrogens with one attached hydrogen (secondary N) is 1. The summed E-state index contributed by atoms with van der Waals surface area (Å²) < 4.78 is 0.915. The second kappa shape index (κ2) is 7.58. The highest BCUT2D eigenvalue weighted by Crippen LogP contribution is 2.42. The average Bonchev–Trinajstić information content (AvgIpc) is 2.69. The van der Waals surface area contributed by atoms with Crippen LogP contribution in [0.5, 0.6) is 0 Å². The van der Waals surface area contributed by atoms with Crippen molar-refractivity contribution < 1.29 is 4.92 Å². The van der Waals surface area contributed by atoms with Crippen LogP contribution in [0.1, 0.15) is 0 Å². The number of pyridine rings is 1. The first-order valence-electron chi connectivity index (χ1n) is 8.38. The van der Waals surface area contributed by atoms with Gasteiger partial charge in [-0.05, 0) is 48.0 Å². The summed E-state index contributed by atoms with van der Waals surface area (Å²) in [6, 6.07) is 21.8. The molecule has 1 aromatic heterocycles. The van der Waals surface area contributed by atoms with E-state index in [-0.39, 0.29) is 11.5 Å². The molecule has 4 rings (SSSR count). The Balaban J connectivity index is 2.02. The van der Waals surface area contributed by atoms with Gasteiger partial charge in [-0.1, -0.05) is 57.9 Å². The van der Waals surface area contributed by atoms with Crippen LogP contribution in [0, 0.1) is 10.1 Å². The number of benzene rings is 3. The van der Waals surface area contributed by atoms with Gasteiger partial charge in [-0.15, -0.1) is 0 Å². The van der Waals surface area contributed by atoms with Gasteiger partial charge in [0.15, 0.2) is 0 Å². The van der Waals surface area contributed by atoms with Gasteiger partial charge in [-0.25, -0.2) is 4.98 Å². The molecule has 3 aromatic carbocycles. The number of hydrogen-bond acceptors (Lipinski definition) is 4. The zero-order chi connectivity index (χ0) is 19.7. The lowest BCUT2D eigenvalue weighted by atomic mass is 9.99.